The Morgan fingerprint density at radius 3 is 2.55 bits per heavy atom. The van der Waals surface area contributed by atoms with Gasteiger partial charge in [0.1, 0.15) is 5.75 Å². The van der Waals surface area contributed by atoms with Crippen LogP contribution in [0.25, 0.3) is 5.69 Å². The van der Waals surface area contributed by atoms with Gasteiger partial charge in [-0.15, -0.1) is 0 Å². The maximum Gasteiger partial charge on any atom is 0.164 e. The molecule has 104 valence electrons. The zero-order valence-electron chi connectivity index (χ0n) is 12.1. The van der Waals surface area contributed by atoms with Crippen LogP contribution in [0.1, 0.15) is 35.1 Å². The van der Waals surface area contributed by atoms with Crippen molar-refractivity contribution in [1.29, 1.82) is 0 Å². The number of Topliss-reactive ketones (excluding diaryl/α,β-unsaturated/α-hetero) is 1. The van der Waals surface area contributed by atoms with Gasteiger partial charge in [-0.1, -0.05) is 6.92 Å². The first kappa shape index (κ1) is 13.0. The average Bonchev–Trinajstić information content (AvgIpc) is 2.76. The first-order chi connectivity index (χ1) is 9.60. The van der Waals surface area contributed by atoms with E-state index in [9.17, 15) is 4.79 Å². The highest BCUT2D eigenvalue weighted by Gasteiger charge is 2.27. The van der Waals surface area contributed by atoms with Crippen molar-refractivity contribution in [2.24, 2.45) is 5.92 Å². The fourth-order valence-electron chi connectivity index (χ4n) is 3.05. The van der Waals surface area contributed by atoms with Crippen LogP contribution in [0.5, 0.6) is 5.75 Å². The van der Waals surface area contributed by atoms with E-state index in [1.165, 1.54) is 0 Å². The van der Waals surface area contributed by atoms with Crippen LogP contribution < -0.4 is 4.74 Å². The number of hydrogen-bond acceptors (Lipinski definition) is 2. The standard InChI is InChI=1S/C17H19NO2/c1-11-8-16-15(17(19)9-11)10-12(2)18(16)13-4-6-14(20-3)7-5-13/h4-7,10-11H,8-9H2,1-3H3/t11-/m1/s1. The molecule has 0 aliphatic heterocycles. The number of ketones is 1. The highest BCUT2D eigenvalue weighted by atomic mass is 16.5. The quantitative estimate of drug-likeness (QED) is 0.834. The molecule has 1 aromatic heterocycles. The predicted molar refractivity (Wildman–Crippen MR) is 78.9 cm³/mol. The molecule has 20 heavy (non-hydrogen) atoms. The second-order valence-electron chi connectivity index (χ2n) is 5.62. The minimum atomic E-state index is 0.272. The highest BCUT2D eigenvalue weighted by molar-refractivity contribution is 5.98. The van der Waals surface area contributed by atoms with Crippen molar-refractivity contribution in [2.45, 2.75) is 26.7 Å². The van der Waals surface area contributed by atoms with Crippen LogP contribution >= 0.6 is 0 Å². The Kier molecular flexibility index (Phi) is 3.13. The molecule has 0 fully saturated rings. The van der Waals surface area contributed by atoms with E-state index in [0.29, 0.717) is 12.3 Å². The Bertz CT molecular complexity index is 652. The van der Waals surface area contributed by atoms with E-state index in [1.807, 2.05) is 30.3 Å². The summed E-state index contributed by atoms with van der Waals surface area (Å²) in [6.45, 7) is 4.20. The number of fused-ring (bicyclic) bond motifs is 1. The first-order valence-corrected chi connectivity index (χ1v) is 6.99. The molecular formula is C17H19NO2. The Balaban J connectivity index is 2.11. The van der Waals surface area contributed by atoms with E-state index in [4.69, 9.17) is 4.74 Å². The van der Waals surface area contributed by atoms with Crippen molar-refractivity contribution in [3.8, 4) is 11.4 Å². The fraction of sp³-hybridized carbons (Fsp3) is 0.353. The largest absolute Gasteiger partial charge is 0.497 e. The lowest BCUT2D eigenvalue weighted by molar-refractivity contribution is 0.0952. The number of nitrogens with zero attached hydrogens (tertiary/aromatic N) is 1. The molecule has 2 aromatic rings. The summed E-state index contributed by atoms with van der Waals surface area (Å²) in [5, 5.41) is 0. The molecule has 0 N–H and O–H groups in total. The van der Waals surface area contributed by atoms with Crippen LogP contribution in [0.3, 0.4) is 0 Å². The normalized spacial score (nSPS) is 17.9. The predicted octanol–water partition coefficient (Wildman–Crippen LogP) is 3.56. The molecular weight excluding hydrogens is 250 g/mol. The van der Waals surface area contributed by atoms with Crippen LogP contribution in [0, 0.1) is 12.8 Å². The van der Waals surface area contributed by atoms with Gasteiger partial charge in [0.2, 0.25) is 0 Å². The Morgan fingerprint density at radius 1 is 1.20 bits per heavy atom. The number of methoxy groups -OCH3 is 1. The molecule has 1 aliphatic rings. The van der Waals surface area contributed by atoms with E-state index < -0.39 is 0 Å². The smallest absolute Gasteiger partial charge is 0.164 e. The minimum absolute atomic E-state index is 0.272. The molecule has 1 atom stereocenters. The summed E-state index contributed by atoms with van der Waals surface area (Å²) >= 11 is 0. The molecule has 3 nitrogen and oxygen atoms in total. The summed E-state index contributed by atoms with van der Waals surface area (Å²) in [4.78, 5) is 12.2. The van der Waals surface area contributed by atoms with Crippen molar-refractivity contribution >= 4 is 5.78 Å². The molecule has 1 heterocycles. The van der Waals surface area contributed by atoms with Crippen molar-refractivity contribution in [2.75, 3.05) is 7.11 Å². The first-order valence-electron chi connectivity index (χ1n) is 6.99. The molecule has 0 spiro atoms. The number of carbonyl (C=O) groups excluding carboxylic acids is 1. The molecule has 3 rings (SSSR count). The molecule has 0 saturated heterocycles. The van der Waals surface area contributed by atoms with Crippen molar-refractivity contribution in [3.63, 3.8) is 0 Å². The number of hydrogen-bond donors (Lipinski definition) is 0. The monoisotopic (exact) mass is 269 g/mol. The lowest BCUT2D eigenvalue weighted by Crippen LogP contribution is -2.19. The molecule has 1 aliphatic carbocycles. The summed E-state index contributed by atoms with van der Waals surface area (Å²) in [7, 11) is 1.66. The molecule has 0 unspecified atom stereocenters. The van der Waals surface area contributed by atoms with Crippen molar-refractivity contribution < 1.29 is 9.53 Å². The van der Waals surface area contributed by atoms with Gasteiger partial charge in [0.05, 0.1) is 7.11 Å². The summed E-state index contributed by atoms with van der Waals surface area (Å²) < 4.78 is 7.40. The topological polar surface area (TPSA) is 31.2 Å². The maximum atomic E-state index is 12.2. The van der Waals surface area contributed by atoms with E-state index in [-0.39, 0.29) is 5.78 Å². The summed E-state index contributed by atoms with van der Waals surface area (Å²) in [5.74, 6) is 1.53. The van der Waals surface area contributed by atoms with Gasteiger partial charge in [-0.3, -0.25) is 4.79 Å². The average molecular weight is 269 g/mol. The lowest BCUT2D eigenvalue weighted by Gasteiger charge is -2.20. The third-order valence-corrected chi connectivity index (χ3v) is 3.99. The van der Waals surface area contributed by atoms with E-state index in [0.717, 1.165) is 34.8 Å². The van der Waals surface area contributed by atoms with E-state index in [2.05, 4.69) is 18.4 Å². The molecule has 0 bridgehead atoms. The zero-order chi connectivity index (χ0) is 14.3. The maximum absolute atomic E-state index is 12.2. The van der Waals surface area contributed by atoms with E-state index in [1.54, 1.807) is 7.11 Å². The Labute approximate surface area is 119 Å². The van der Waals surface area contributed by atoms with Gasteiger partial charge in [0.25, 0.3) is 0 Å². The summed E-state index contributed by atoms with van der Waals surface area (Å²) in [6.07, 6.45) is 1.63. The number of aromatic nitrogens is 1. The SMILES string of the molecule is COc1ccc(-n2c(C)cc3c2C[C@@H](C)CC3=O)cc1. The van der Waals surface area contributed by atoms with Crippen LogP contribution in [0.2, 0.25) is 0 Å². The molecule has 3 heteroatoms. The van der Waals surface area contributed by atoms with Crippen molar-refractivity contribution in [3.05, 3.63) is 47.3 Å². The Hall–Kier alpha value is -2.03. The molecule has 0 amide bonds. The van der Waals surface area contributed by atoms with Gasteiger partial charge < -0.3 is 9.30 Å². The molecule has 0 saturated carbocycles. The third kappa shape index (κ3) is 2.03. The number of rotatable bonds is 2. The van der Waals surface area contributed by atoms with Crippen LogP contribution in [-0.2, 0) is 6.42 Å². The summed E-state index contributed by atoms with van der Waals surface area (Å²) in [6, 6.07) is 10.0. The van der Waals surface area contributed by atoms with Gasteiger partial charge >= 0.3 is 0 Å². The fourth-order valence-corrected chi connectivity index (χ4v) is 3.05. The van der Waals surface area contributed by atoms with Gasteiger partial charge in [-0.2, -0.15) is 0 Å². The zero-order valence-corrected chi connectivity index (χ0v) is 12.1. The third-order valence-electron chi connectivity index (χ3n) is 3.99. The number of aryl methyl sites for hydroxylation is 1. The van der Waals surface area contributed by atoms with Gasteiger partial charge in [0, 0.05) is 29.1 Å². The second kappa shape index (κ2) is 4.82. The van der Waals surface area contributed by atoms with Crippen LogP contribution in [0.15, 0.2) is 30.3 Å². The highest BCUT2D eigenvalue weighted by Crippen LogP contribution is 2.31. The van der Waals surface area contributed by atoms with Crippen LogP contribution in [-0.4, -0.2) is 17.5 Å². The van der Waals surface area contributed by atoms with Gasteiger partial charge in [0.15, 0.2) is 5.78 Å². The second-order valence-corrected chi connectivity index (χ2v) is 5.62. The number of ether oxygens (including phenoxy) is 1. The molecule has 0 radical (unpaired) electrons. The number of benzene rings is 1. The van der Waals surface area contributed by atoms with Crippen LogP contribution in [0.4, 0.5) is 0 Å². The van der Waals surface area contributed by atoms with Crippen molar-refractivity contribution in [1.82, 2.24) is 4.57 Å². The Morgan fingerprint density at radius 2 is 1.90 bits per heavy atom. The van der Waals surface area contributed by atoms with Gasteiger partial charge in [-0.05, 0) is 49.6 Å². The minimum Gasteiger partial charge on any atom is -0.497 e. The van der Waals surface area contributed by atoms with Gasteiger partial charge in [-0.25, -0.2) is 0 Å². The lowest BCUT2D eigenvalue weighted by atomic mass is 9.88. The van der Waals surface area contributed by atoms with E-state index >= 15 is 0 Å². The summed E-state index contributed by atoms with van der Waals surface area (Å²) in [5.41, 5.74) is 4.25. The number of carbonyl (C=O) groups is 1. The molecule has 1 aromatic carbocycles.